The minimum atomic E-state index is -0.295. The predicted octanol–water partition coefficient (Wildman–Crippen LogP) is 1.72. The highest BCUT2D eigenvalue weighted by atomic mass is 16.5. The number of carbonyl (C=O) groups is 1. The maximum Gasteiger partial charge on any atom is 0.226 e. The van der Waals surface area contributed by atoms with E-state index in [2.05, 4.69) is 15.3 Å². The molecule has 1 heterocycles. The first-order chi connectivity index (χ1) is 9.69. The molecule has 0 aliphatic heterocycles. The predicted molar refractivity (Wildman–Crippen MR) is 76.4 cm³/mol. The first-order valence-corrected chi connectivity index (χ1v) is 7.11. The average Bonchev–Trinajstić information content (AvgIpc) is 2.47. The van der Waals surface area contributed by atoms with Crippen LogP contribution in [0.2, 0.25) is 0 Å². The molecule has 1 atom stereocenters. The molecule has 1 aromatic rings. The van der Waals surface area contributed by atoms with Gasteiger partial charge in [0.25, 0.3) is 0 Å². The van der Waals surface area contributed by atoms with Crippen LogP contribution in [0.15, 0.2) is 12.3 Å². The number of carbonyl (C=O) groups excluding carboxylic acids is 1. The summed E-state index contributed by atoms with van der Waals surface area (Å²) in [6, 6.07) is 1.69. The van der Waals surface area contributed by atoms with Gasteiger partial charge in [-0.05, 0) is 18.8 Å². The number of nitrogens with two attached hydrogens (primary N) is 1. The number of anilines is 1. The number of nitrogens with one attached hydrogen (secondary N) is 1. The molecule has 20 heavy (non-hydrogen) atoms. The van der Waals surface area contributed by atoms with Crippen molar-refractivity contribution in [2.24, 2.45) is 11.7 Å². The van der Waals surface area contributed by atoms with Crippen LogP contribution in [0.1, 0.15) is 38.5 Å². The molecular weight excluding hydrogens is 256 g/mol. The molecule has 6 heteroatoms. The third kappa shape index (κ3) is 4.08. The van der Waals surface area contributed by atoms with Crippen molar-refractivity contribution in [3.8, 4) is 5.88 Å². The third-order valence-electron chi connectivity index (χ3n) is 3.79. The van der Waals surface area contributed by atoms with Crippen LogP contribution in [0.3, 0.4) is 0 Å². The lowest BCUT2D eigenvalue weighted by Crippen LogP contribution is -2.35. The van der Waals surface area contributed by atoms with E-state index >= 15 is 0 Å². The molecule has 0 unspecified atom stereocenters. The molecule has 1 aromatic heterocycles. The second-order valence-electron chi connectivity index (χ2n) is 5.24. The Balaban J connectivity index is 2.07. The molecule has 1 amide bonds. The number of ether oxygens (including phenoxy) is 1. The lowest BCUT2D eigenvalue weighted by Gasteiger charge is -2.30. The topological polar surface area (TPSA) is 90.1 Å². The van der Waals surface area contributed by atoms with E-state index in [9.17, 15) is 4.79 Å². The molecule has 0 aromatic carbocycles. The van der Waals surface area contributed by atoms with Crippen LogP contribution >= 0.6 is 0 Å². The zero-order chi connectivity index (χ0) is 14.4. The number of hydrogen-bond acceptors (Lipinski definition) is 5. The van der Waals surface area contributed by atoms with Gasteiger partial charge in [-0.1, -0.05) is 19.3 Å². The molecule has 3 N–H and O–H groups in total. The molecule has 0 bridgehead atoms. The molecule has 0 saturated heterocycles. The largest absolute Gasteiger partial charge is 0.481 e. The first kappa shape index (κ1) is 14.6. The van der Waals surface area contributed by atoms with Crippen molar-refractivity contribution in [3.05, 3.63) is 12.3 Å². The summed E-state index contributed by atoms with van der Waals surface area (Å²) < 4.78 is 5.08. The van der Waals surface area contributed by atoms with E-state index in [-0.39, 0.29) is 11.9 Å². The van der Waals surface area contributed by atoms with Gasteiger partial charge >= 0.3 is 0 Å². The standard InChI is InChI=1S/C14H22N4O2/c1-20-13-7-8-16-14(18-13)17-11(9-12(15)19)10-5-3-2-4-6-10/h7-8,10-11H,2-6,9H2,1H3,(H2,15,19)(H,16,17,18)/t11-/m0/s1. The Morgan fingerprint density at radius 2 is 2.25 bits per heavy atom. The number of hydrogen-bond donors (Lipinski definition) is 2. The molecule has 6 nitrogen and oxygen atoms in total. The summed E-state index contributed by atoms with van der Waals surface area (Å²) in [7, 11) is 1.56. The molecule has 0 radical (unpaired) electrons. The van der Waals surface area contributed by atoms with E-state index in [1.807, 2.05) is 0 Å². The Morgan fingerprint density at radius 3 is 2.90 bits per heavy atom. The molecule has 1 aliphatic carbocycles. The number of aromatic nitrogens is 2. The number of methoxy groups -OCH3 is 1. The zero-order valence-electron chi connectivity index (χ0n) is 11.8. The minimum Gasteiger partial charge on any atom is -0.481 e. The number of amides is 1. The second kappa shape index (κ2) is 7.07. The molecule has 1 saturated carbocycles. The van der Waals surface area contributed by atoms with Gasteiger partial charge in [-0.2, -0.15) is 4.98 Å². The average molecular weight is 278 g/mol. The summed E-state index contributed by atoms with van der Waals surface area (Å²) in [6.45, 7) is 0. The van der Waals surface area contributed by atoms with Crippen molar-refractivity contribution >= 4 is 11.9 Å². The van der Waals surface area contributed by atoms with Crippen molar-refractivity contribution in [2.45, 2.75) is 44.6 Å². The van der Waals surface area contributed by atoms with Crippen molar-refractivity contribution < 1.29 is 9.53 Å². The van der Waals surface area contributed by atoms with Gasteiger partial charge in [-0.15, -0.1) is 0 Å². The van der Waals surface area contributed by atoms with Gasteiger partial charge in [-0.3, -0.25) is 4.79 Å². The van der Waals surface area contributed by atoms with Crippen molar-refractivity contribution in [3.63, 3.8) is 0 Å². The Labute approximate surface area is 119 Å². The van der Waals surface area contributed by atoms with Crippen LogP contribution in [0.4, 0.5) is 5.95 Å². The molecule has 110 valence electrons. The van der Waals surface area contributed by atoms with Gasteiger partial charge in [0.15, 0.2) is 0 Å². The van der Waals surface area contributed by atoms with Crippen molar-refractivity contribution in [1.29, 1.82) is 0 Å². The van der Waals surface area contributed by atoms with Gasteiger partial charge in [0.05, 0.1) is 7.11 Å². The van der Waals surface area contributed by atoms with E-state index in [0.717, 1.165) is 12.8 Å². The fourth-order valence-corrected chi connectivity index (χ4v) is 2.78. The first-order valence-electron chi connectivity index (χ1n) is 7.11. The highest BCUT2D eigenvalue weighted by Gasteiger charge is 2.25. The number of primary amides is 1. The van der Waals surface area contributed by atoms with Gasteiger partial charge < -0.3 is 15.8 Å². The Morgan fingerprint density at radius 1 is 1.50 bits per heavy atom. The highest BCUT2D eigenvalue weighted by Crippen LogP contribution is 2.29. The quantitative estimate of drug-likeness (QED) is 0.827. The van der Waals surface area contributed by atoms with E-state index in [1.54, 1.807) is 19.4 Å². The summed E-state index contributed by atoms with van der Waals surface area (Å²) in [5.74, 6) is 1.15. The molecule has 1 fully saturated rings. The smallest absolute Gasteiger partial charge is 0.226 e. The fraction of sp³-hybridized carbons (Fsp3) is 0.643. The van der Waals surface area contributed by atoms with Gasteiger partial charge in [0.2, 0.25) is 17.7 Å². The number of rotatable bonds is 6. The summed E-state index contributed by atoms with van der Waals surface area (Å²) in [6.07, 6.45) is 7.88. The van der Waals surface area contributed by atoms with E-state index in [1.165, 1.54) is 19.3 Å². The van der Waals surface area contributed by atoms with Crippen LogP contribution in [0, 0.1) is 5.92 Å². The molecule has 2 rings (SSSR count). The van der Waals surface area contributed by atoms with Gasteiger partial charge in [0, 0.05) is 24.7 Å². The fourth-order valence-electron chi connectivity index (χ4n) is 2.78. The Bertz CT molecular complexity index is 447. The van der Waals surface area contributed by atoms with Crippen LogP contribution < -0.4 is 15.8 Å². The summed E-state index contributed by atoms with van der Waals surface area (Å²) in [5, 5.41) is 3.25. The lowest BCUT2D eigenvalue weighted by molar-refractivity contribution is -0.118. The van der Waals surface area contributed by atoms with Crippen LogP contribution in [0.5, 0.6) is 5.88 Å². The van der Waals surface area contributed by atoms with Crippen LogP contribution in [0.25, 0.3) is 0 Å². The lowest BCUT2D eigenvalue weighted by atomic mass is 9.82. The molecule has 1 aliphatic rings. The molecular formula is C14H22N4O2. The van der Waals surface area contributed by atoms with Crippen molar-refractivity contribution in [1.82, 2.24) is 9.97 Å². The minimum absolute atomic E-state index is 0.0000869. The van der Waals surface area contributed by atoms with E-state index < -0.39 is 0 Å². The summed E-state index contributed by atoms with van der Waals surface area (Å²) in [4.78, 5) is 19.7. The van der Waals surface area contributed by atoms with Crippen LogP contribution in [-0.2, 0) is 4.79 Å². The maximum atomic E-state index is 11.3. The molecule has 0 spiro atoms. The van der Waals surface area contributed by atoms with Gasteiger partial charge in [-0.25, -0.2) is 4.98 Å². The monoisotopic (exact) mass is 278 g/mol. The van der Waals surface area contributed by atoms with Gasteiger partial charge in [0.1, 0.15) is 0 Å². The Hall–Kier alpha value is -1.85. The third-order valence-corrected chi connectivity index (χ3v) is 3.79. The second-order valence-corrected chi connectivity index (χ2v) is 5.24. The van der Waals surface area contributed by atoms with E-state index in [0.29, 0.717) is 24.2 Å². The number of nitrogens with zero attached hydrogens (tertiary/aromatic N) is 2. The van der Waals surface area contributed by atoms with Crippen molar-refractivity contribution in [2.75, 3.05) is 12.4 Å². The van der Waals surface area contributed by atoms with E-state index in [4.69, 9.17) is 10.5 Å². The summed E-state index contributed by atoms with van der Waals surface area (Å²) >= 11 is 0. The zero-order valence-corrected chi connectivity index (χ0v) is 11.8. The van der Waals surface area contributed by atoms with Crippen LogP contribution in [-0.4, -0.2) is 29.0 Å². The SMILES string of the molecule is COc1ccnc(N[C@@H](CC(N)=O)C2CCCCC2)n1. The normalized spacial score (nSPS) is 17.4. The summed E-state index contributed by atoms with van der Waals surface area (Å²) in [5.41, 5.74) is 5.37. The highest BCUT2D eigenvalue weighted by molar-refractivity contribution is 5.74. The Kier molecular flexibility index (Phi) is 5.15. The maximum absolute atomic E-state index is 11.3.